The largest absolute Gasteiger partial charge is 0.508 e. The minimum absolute atomic E-state index is 0.0577. The van der Waals surface area contributed by atoms with Crippen molar-refractivity contribution in [3.63, 3.8) is 0 Å². The first-order valence-corrected chi connectivity index (χ1v) is 5.43. The molecular weight excluding hydrogens is 190 g/mol. The number of nitrogens with one attached hydrogen (secondary N) is 1. The zero-order chi connectivity index (χ0) is 10.7. The third-order valence-corrected chi connectivity index (χ3v) is 2.81. The van der Waals surface area contributed by atoms with Crippen molar-refractivity contribution in [3.05, 3.63) is 29.8 Å². The Balaban J connectivity index is 1.97. The zero-order valence-electron chi connectivity index (χ0n) is 8.69. The Morgan fingerprint density at radius 3 is 2.80 bits per heavy atom. The Labute approximate surface area is 89.8 Å². The number of rotatable bonds is 5. The van der Waals surface area contributed by atoms with E-state index in [4.69, 9.17) is 0 Å². The molecule has 15 heavy (non-hydrogen) atoms. The summed E-state index contributed by atoms with van der Waals surface area (Å²) in [7, 11) is 0. The molecular formula is C12H17NO2. The van der Waals surface area contributed by atoms with Crippen LogP contribution in [0, 0.1) is 5.92 Å². The molecule has 0 bridgehead atoms. The summed E-state index contributed by atoms with van der Waals surface area (Å²) in [6, 6.07) is 6.99. The Morgan fingerprint density at radius 1 is 1.40 bits per heavy atom. The van der Waals surface area contributed by atoms with Crippen LogP contribution in [0.2, 0.25) is 0 Å². The molecule has 1 aromatic rings. The Morgan fingerprint density at radius 2 is 2.20 bits per heavy atom. The highest BCUT2D eigenvalue weighted by Crippen LogP contribution is 2.28. The summed E-state index contributed by atoms with van der Waals surface area (Å²) >= 11 is 0. The van der Waals surface area contributed by atoms with Crippen molar-refractivity contribution in [2.45, 2.75) is 18.9 Å². The van der Waals surface area contributed by atoms with Crippen LogP contribution in [0.25, 0.3) is 0 Å². The molecule has 0 aromatic heterocycles. The van der Waals surface area contributed by atoms with Gasteiger partial charge < -0.3 is 15.5 Å². The SMILES string of the molecule is OCC(NCC1CC1)c1cccc(O)c1. The molecule has 2 rings (SSSR count). The van der Waals surface area contributed by atoms with Crippen LogP contribution in [0.5, 0.6) is 5.75 Å². The van der Waals surface area contributed by atoms with Gasteiger partial charge in [-0.2, -0.15) is 0 Å². The lowest BCUT2D eigenvalue weighted by Gasteiger charge is -2.16. The molecule has 1 atom stereocenters. The van der Waals surface area contributed by atoms with Crippen molar-refractivity contribution in [2.24, 2.45) is 5.92 Å². The number of hydrogen-bond donors (Lipinski definition) is 3. The average molecular weight is 207 g/mol. The first-order chi connectivity index (χ1) is 7.29. The van der Waals surface area contributed by atoms with Gasteiger partial charge >= 0.3 is 0 Å². The van der Waals surface area contributed by atoms with Crippen LogP contribution in [0.15, 0.2) is 24.3 Å². The Bertz CT molecular complexity index is 323. The van der Waals surface area contributed by atoms with Gasteiger partial charge in [-0.1, -0.05) is 12.1 Å². The number of phenolic OH excluding ortho intramolecular Hbond substituents is 1. The molecule has 1 saturated carbocycles. The second kappa shape index (κ2) is 4.64. The fourth-order valence-electron chi connectivity index (χ4n) is 1.66. The number of aliphatic hydroxyl groups excluding tert-OH is 1. The molecule has 0 aliphatic heterocycles. The molecule has 1 unspecified atom stereocenters. The summed E-state index contributed by atoms with van der Waals surface area (Å²) in [6.45, 7) is 1.02. The van der Waals surface area contributed by atoms with Gasteiger partial charge in [0.25, 0.3) is 0 Å². The molecule has 3 N–H and O–H groups in total. The maximum absolute atomic E-state index is 9.34. The van der Waals surface area contributed by atoms with Crippen molar-refractivity contribution < 1.29 is 10.2 Å². The Hall–Kier alpha value is -1.06. The van der Waals surface area contributed by atoms with E-state index in [1.807, 2.05) is 6.07 Å². The smallest absolute Gasteiger partial charge is 0.115 e. The van der Waals surface area contributed by atoms with E-state index in [1.165, 1.54) is 12.8 Å². The third kappa shape index (κ3) is 2.94. The molecule has 0 radical (unpaired) electrons. The number of aliphatic hydroxyl groups is 1. The fourth-order valence-corrected chi connectivity index (χ4v) is 1.66. The topological polar surface area (TPSA) is 52.5 Å². The maximum atomic E-state index is 9.34. The molecule has 82 valence electrons. The van der Waals surface area contributed by atoms with Gasteiger partial charge in [-0.15, -0.1) is 0 Å². The predicted molar refractivity (Wildman–Crippen MR) is 58.7 cm³/mol. The van der Waals surface area contributed by atoms with Crippen molar-refractivity contribution in [1.82, 2.24) is 5.32 Å². The lowest BCUT2D eigenvalue weighted by molar-refractivity contribution is 0.243. The lowest BCUT2D eigenvalue weighted by Crippen LogP contribution is -2.26. The average Bonchev–Trinajstić information content (AvgIpc) is 3.03. The quantitative estimate of drug-likeness (QED) is 0.684. The molecule has 0 spiro atoms. The molecule has 1 fully saturated rings. The summed E-state index contributed by atoms with van der Waals surface area (Å²) < 4.78 is 0. The van der Waals surface area contributed by atoms with Crippen LogP contribution in [0.3, 0.4) is 0 Å². The van der Waals surface area contributed by atoms with Crippen LogP contribution in [-0.2, 0) is 0 Å². The lowest BCUT2D eigenvalue weighted by atomic mass is 10.1. The third-order valence-electron chi connectivity index (χ3n) is 2.81. The summed E-state index contributed by atoms with van der Waals surface area (Å²) in [5, 5.41) is 21.9. The van der Waals surface area contributed by atoms with Gasteiger partial charge in [-0.05, 0) is 43.0 Å². The number of benzene rings is 1. The van der Waals surface area contributed by atoms with Gasteiger partial charge in [0, 0.05) is 0 Å². The molecule has 3 nitrogen and oxygen atoms in total. The molecule has 1 aromatic carbocycles. The summed E-state index contributed by atoms with van der Waals surface area (Å²) in [5.74, 6) is 1.04. The van der Waals surface area contributed by atoms with Crippen LogP contribution in [0.1, 0.15) is 24.4 Å². The standard InChI is InChI=1S/C12H17NO2/c14-8-12(13-7-9-4-5-9)10-2-1-3-11(15)6-10/h1-3,6,9,12-15H,4-5,7-8H2. The highest BCUT2D eigenvalue weighted by molar-refractivity contribution is 5.29. The van der Waals surface area contributed by atoms with E-state index in [-0.39, 0.29) is 18.4 Å². The van der Waals surface area contributed by atoms with E-state index in [9.17, 15) is 10.2 Å². The number of aromatic hydroxyl groups is 1. The highest BCUT2D eigenvalue weighted by Gasteiger charge is 2.22. The van der Waals surface area contributed by atoms with Gasteiger partial charge in [0.2, 0.25) is 0 Å². The summed E-state index contributed by atoms with van der Waals surface area (Å²) in [4.78, 5) is 0. The Kier molecular flexibility index (Phi) is 3.23. The predicted octanol–water partition coefficient (Wildman–Crippen LogP) is 1.43. The van der Waals surface area contributed by atoms with Crippen LogP contribution in [0.4, 0.5) is 0 Å². The van der Waals surface area contributed by atoms with Gasteiger partial charge in [0.1, 0.15) is 5.75 Å². The van der Waals surface area contributed by atoms with E-state index in [2.05, 4.69) is 5.32 Å². The number of phenols is 1. The van der Waals surface area contributed by atoms with Gasteiger partial charge in [-0.3, -0.25) is 0 Å². The maximum Gasteiger partial charge on any atom is 0.115 e. The minimum atomic E-state index is -0.0577. The second-order valence-electron chi connectivity index (χ2n) is 4.18. The van der Waals surface area contributed by atoms with E-state index < -0.39 is 0 Å². The first kappa shape index (κ1) is 10.5. The van der Waals surface area contributed by atoms with E-state index >= 15 is 0 Å². The van der Waals surface area contributed by atoms with E-state index in [0.717, 1.165) is 18.0 Å². The van der Waals surface area contributed by atoms with E-state index in [0.29, 0.717) is 0 Å². The van der Waals surface area contributed by atoms with Crippen molar-refractivity contribution in [1.29, 1.82) is 0 Å². The van der Waals surface area contributed by atoms with Crippen LogP contribution >= 0.6 is 0 Å². The highest BCUT2D eigenvalue weighted by atomic mass is 16.3. The van der Waals surface area contributed by atoms with E-state index in [1.54, 1.807) is 18.2 Å². The van der Waals surface area contributed by atoms with Crippen molar-refractivity contribution in [3.8, 4) is 5.75 Å². The van der Waals surface area contributed by atoms with Crippen molar-refractivity contribution >= 4 is 0 Å². The summed E-state index contributed by atoms with van der Waals surface area (Å²) in [6.07, 6.45) is 2.59. The molecule has 3 heteroatoms. The molecule has 0 saturated heterocycles. The fraction of sp³-hybridized carbons (Fsp3) is 0.500. The minimum Gasteiger partial charge on any atom is -0.508 e. The summed E-state index contributed by atoms with van der Waals surface area (Å²) in [5.41, 5.74) is 0.943. The van der Waals surface area contributed by atoms with Gasteiger partial charge in [0.15, 0.2) is 0 Å². The van der Waals surface area contributed by atoms with Crippen LogP contribution < -0.4 is 5.32 Å². The molecule has 1 aliphatic rings. The number of hydrogen-bond acceptors (Lipinski definition) is 3. The first-order valence-electron chi connectivity index (χ1n) is 5.43. The normalized spacial score (nSPS) is 17.7. The van der Waals surface area contributed by atoms with Crippen LogP contribution in [-0.4, -0.2) is 23.4 Å². The molecule has 0 amide bonds. The monoisotopic (exact) mass is 207 g/mol. The zero-order valence-corrected chi connectivity index (χ0v) is 8.69. The molecule has 0 heterocycles. The van der Waals surface area contributed by atoms with Gasteiger partial charge in [0.05, 0.1) is 12.6 Å². The second-order valence-corrected chi connectivity index (χ2v) is 4.18. The van der Waals surface area contributed by atoms with Gasteiger partial charge in [-0.25, -0.2) is 0 Å². The van der Waals surface area contributed by atoms with Crippen molar-refractivity contribution in [2.75, 3.05) is 13.2 Å². The molecule has 1 aliphatic carbocycles.